The maximum atomic E-state index is 6.17. The highest BCUT2D eigenvalue weighted by molar-refractivity contribution is 6.32. The molecule has 1 aliphatic heterocycles. The molecule has 0 aliphatic carbocycles. The van der Waals surface area contributed by atoms with Crippen molar-refractivity contribution in [1.29, 1.82) is 0 Å². The molecule has 0 radical (unpaired) electrons. The molecule has 0 atom stereocenters. The lowest BCUT2D eigenvalue weighted by Gasteiger charge is -2.22. The number of rotatable bonds is 4. The van der Waals surface area contributed by atoms with E-state index in [4.69, 9.17) is 21.1 Å². The number of benzene rings is 1. The van der Waals surface area contributed by atoms with Gasteiger partial charge in [-0.2, -0.15) is 0 Å². The van der Waals surface area contributed by atoms with E-state index in [0.29, 0.717) is 16.7 Å². The number of halogens is 1. The van der Waals surface area contributed by atoms with Gasteiger partial charge in [0.1, 0.15) is 17.4 Å². The summed E-state index contributed by atoms with van der Waals surface area (Å²) in [5.41, 5.74) is 1.94. The number of methoxy groups -OCH3 is 1. The summed E-state index contributed by atoms with van der Waals surface area (Å²) in [6, 6.07) is 7.58. The molecule has 1 aliphatic rings. The lowest BCUT2D eigenvalue weighted by Crippen LogP contribution is -2.16. The fourth-order valence-electron chi connectivity index (χ4n) is 2.75. The lowest BCUT2D eigenvalue weighted by molar-refractivity contribution is 0.0844. The molecule has 0 amide bonds. The zero-order chi connectivity index (χ0) is 16.2. The monoisotopic (exact) mass is 333 g/mol. The number of aryl methyl sites for hydroxylation is 1. The van der Waals surface area contributed by atoms with Crippen molar-refractivity contribution >= 4 is 23.1 Å². The molecule has 0 bridgehead atoms. The van der Waals surface area contributed by atoms with E-state index in [1.165, 1.54) is 0 Å². The standard InChI is InChI=1S/C17H20ClN3O2/c1-11-19-15(12-5-7-23-8-6-12)10-17(20-11)21-13-3-4-16(22-2)14(18)9-13/h3-4,9-10,12H,5-8H2,1-2H3,(H,19,20,21). The van der Waals surface area contributed by atoms with E-state index >= 15 is 0 Å². The van der Waals surface area contributed by atoms with Crippen molar-refractivity contribution in [2.75, 3.05) is 25.6 Å². The van der Waals surface area contributed by atoms with Crippen LogP contribution in [-0.2, 0) is 4.74 Å². The van der Waals surface area contributed by atoms with E-state index in [-0.39, 0.29) is 0 Å². The highest BCUT2D eigenvalue weighted by atomic mass is 35.5. The van der Waals surface area contributed by atoms with Gasteiger partial charge in [0.15, 0.2) is 0 Å². The van der Waals surface area contributed by atoms with Crippen molar-refractivity contribution in [2.45, 2.75) is 25.7 Å². The highest BCUT2D eigenvalue weighted by Crippen LogP contribution is 2.30. The minimum atomic E-state index is 0.436. The first kappa shape index (κ1) is 16.0. The third-order valence-electron chi connectivity index (χ3n) is 3.92. The van der Waals surface area contributed by atoms with E-state index < -0.39 is 0 Å². The number of anilines is 2. The first-order chi connectivity index (χ1) is 11.2. The number of aromatic nitrogens is 2. The predicted molar refractivity (Wildman–Crippen MR) is 90.8 cm³/mol. The van der Waals surface area contributed by atoms with Crippen molar-refractivity contribution in [3.63, 3.8) is 0 Å². The van der Waals surface area contributed by atoms with E-state index in [2.05, 4.69) is 15.3 Å². The van der Waals surface area contributed by atoms with Gasteiger partial charge in [-0.05, 0) is 38.0 Å². The second-order valence-electron chi connectivity index (χ2n) is 5.59. The normalized spacial score (nSPS) is 15.4. The molecular formula is C17H20ClN3O2. The minimum absolute atomic E-state index is 0.436. The molecule has 5 nitrogen and oxygen atoms in total. The average Bonchev–Trinajstić information content (AvgIpc) is 2.55. The quantitative estimate of drug-likeness (QED) is 0.913. The van der Waals surface area contributed by atoms with Crippen LogP contribution in [0.4, 0.5) is 11.5 Å². The fourth-order valence-corrected chi connectivity index (χ4v) is 3.01. The molecule has 1 N–H and O–H groups in total. The van der Waals surface area contributed by atoms with Gasteiger partial charge < -0.3 is 14.8 Å². The Balaban J connectivity index is 1.82. The Kier molecular flexibility index (Phi) is 4.98. The van der Waals surface area contributed by atoms with Crippen LogP contribution in [0.15, 0.2) is 24.3 Å². The first-order valence-electron chi connectivity index (χ1n) is 7.69. The van der Waals surface area contributed by atoms with Gasteiger partial charge in [0.25, 0.3) is 0 Å². The highest BCUT2D eigenvalue weighted by Gasteiger charge is 2.18. The molecule has 0 unspecified atom stereocenters. The number of nitrogens with one attached hydrogen (secondary N) is 1. The second kappa shape index (κ2) is 7.15. The second-order valence-corrected chi connectivity index (χ2v) is 5.99. The van der Waals surface area contributed by atoms with Crippen molar-refractivity contribution in [1.82, 2.24) is 9.97 Å². The summed E-state index contributed by atoms with van der Waals surface area (Å²) >= 11 is 6.17. The summed E-state index contributed by atoms with van der Waals surface area (Å²) in [6.07, 6.45) is 2.01. The topological polar surface area (TPSA) is 56.3 Å². The fraction of sp³-hybridized carbons (Fsp3) is 0.412. The van der Waals surface area contributed by atoms with Gasteiger partial charge in [0, 0.05) is 36.6 Å². The third-order valence-corrected chi connectivity index (χ3v) is 4.22. The van der Waals surface area contributed by atoms with Crippen LogP contribution in [0.3, 0.4) is 0 Å². The number of ether oxygens (including phenoxy) is 2. The molecule has 2 heterocycles. The van der Waals surface area contributed by atoms with Crippen molar-refractivity contribution in [3.05, 3.63) is 40.8 Å². The van der Waals surface area contributed by atoms with Gasteiger partial charge in [0.05, 0.1) is 12.1 Å². The molecular weight excluding hydrogens is 314 g/mol. The Hall–Kier alpha value is -1.85. The van der Waals surface area contributed by atoms with Gasteiger partial charge in [-0.15, -0.1) is 0 Å². The summed E-state index contributed by atoms with van der Waals surface area (Å²) in [6.45, 7) is 3.50. The van der Waals surface area contributed by atoms with Crippen LogP contribution < -0.4 is 10.1 Å². The number of hydrogen-bond acceptors (Lipinski definition) is 5. The van der Waals surface area contributed by atoms with Gasteiger partial charge in [-0.3, -0.25) is 0 Å². The van der Waals surface area contributed by atoms with Crippen LogP contribution in [0.1, 0.15) is 30.3 Å². The smallest absolute Gasteiger partial charge is 0.137 e. The van der Waals surface area contributed by atoms with Crippen molar-refractivity contribution in [3.8, 4) is 5.75 Å². The summed E-state index contributed by atoms with van der Waals surface area (Å²) < 4.78 is 10.6. The summed E-state index contributed by atoms with van der Waals surface area (Å²) in [5, 5.41) is 3.86. The average molecular weight is 334 g/mol. The zero-order valence-electron chi connectivity index (χ0n) is 13.3. The van der Waals surface area contributed by atoms with Gasteiger partial charge in [0.2, 0.25) is 0 Å². The number of nitrogens with zero attached hydrogens (tertiary/aromatic N) is 2. The van der Waals surface area contributed by atoms with Crippen LogP contribution in [0, 0.1) is 6.92 Å². The van der Waals surface area contributed by atoms with Crippen LogP contribution in [-0.4, -0.2) is 30.3 Å². The maximum absolute atomic E-state index is 6.17. The van der Waals surface area contributed by atoms with Crippen LogP contribution in [0.5, 0.6) is 5.75 Å². The van der Waals surface area contributed by atoms with Crippen molar-refractivity contribution < 1.29 is 9.47 Å². The summed E-state index contributed by atoms with van der Waals surface area (Å²) in [4.78, 5) is 9.06. The summed E-state index contributed by atoms with van der Waals surface area (Å²) in [5.74, 6) is 2.63. The number of hydrogen-bond donors (Lipinski definition) is 1. The van der Waals surface area contributed by atoms with Gasteiger partial charge >= 0.3 is 0 Å². The predicted octanol–water partition coefficient (Wildman–Crippen LogP) is 4.08. The summed E-state index contributed by atoms with van der Waals surface area (Å²) in [7, 11) is 1.60. The molecule has 0 spiro atoms. The minimum Gasteiger partial charge on any atom is -0.495 e. The zero-order valence-corrected chi connectivity index (χ0v) is 14.1. The van der Waals surface area contributed by atoms with E-state index in [1.807, 2.05) is 31.2 Å². The van der Waals surface area contributed by atoms with Gasteiger partial charge in [-0.25, -0.2) is 9.97 Å². The maximum Gasteiger partial charge on any atom is 0.137 e. The van der Waals surface area contributed by atoms with E-state index in [1.54, 1.807) is 7.11 Å². The Morgan fingerprint density at radius 2 is 2.00 bits per heavy atom. The Bertz CT molecular complexity index is 688. The molecule has 1 saturated heterocycles. The SMILES string of the molecule is COc1ccc(Nc2cc(C3CCOCC3)nc(C)n2)cc1Cl. The first-order valence-corrected chi connectivity index (χ1v) is 8.07. The Morgan fingerprint density at radius 3 is 2.70 bits per heavy atom. The lowest BCUT2D eigenvalue weighted by atomic mass is 9.96. The largest absolute Gasteiger partial charge is 0.495 e. The Morgan fingerprint density at radius 1 is 1.22 bits per heavy atom. The van der Waals surface area contributed by atoms with Crippen LogP contribution in [0.25, 0.3) is 0 Å². The molecule has 1 fully saturated rings. The van der Waals surface area contributed by atoms with E-state index in [0.717, 1.165) is 49.1 Å². The van der Waals surface area contributed by atoms with Crippen molar-refractivity contribution in [2.24, 2.45) is 0 Å². The molecule has 122 valence electrons. The molecule has 0 saturated carbocycles. The molecule has 1 aromatic heterocycles. The molecule has 2 aromatic rings. The molecule has 6 heteroatoms. The van der Waals surface area contributed by atoms with Crippen LogP contribution >= 0.6 is 11.6 Å². The molecule has 1 aromatic carbocycles. The van der Waals surface area contributed by atoms with Gasteiger partial charge in [-0.1, -0.05) is 11.6 Å². The third kappa shape index (κ3) is 3.92. The molecule has 23 heavy (non-hydrogen) atoms. The molecule has 3 rings (SSSR count). The Labute approximate surface area is 141 Å². The van der Waals surface area contributed by atoms with E-state index in [9.17, 15) is 0 Å². The van der Waals surface area contributed by atoms with Crippen LogP contribution in [0.2, 0.25) is 5.02 Å².